The van der Waals surface area contributed by atoms with Gasteiger partial charge in [0.15, 0.2) is 0 Å². The highest BCUT2D eigenvalue weighted by Gasteiger charge is 2.42. The molecule has 3 atom stereocenters. The largest absolute Gasteiger partial charge is 0.350 e. The van der Waals surface area contributed by atoms with Crippen molar-refractivity contribution in [3.05, 3.63) is 185 Å². The van der Waals surface area contributed by atoms with E-state index >= 15 is 0 Å². The Labute approximate surface area is 346 Å². The zero-order valence-corrected chi connectivity index (χ0v) is 34.1. The smallest absolute Gasteiger partial charge is 0.135 e. The van der Waals surface area contributed by atoms with Crippen molar-refractivity contribution in [2.24, 2.45) is 11.7 Å². The molecule has 11 rings (SSSR count). The number of benzene rings is 6. The van der Waals surface area contributed by atoms with E-state index in [1.54, 1.807) is 0 Å². The van der Waals surface area contributed by atoms with Gasteiger partial charge in [0.05, 0.1) is 11.0 Å². The molecule has 3 aliphatic rings. The number of hydrogen-bond acceptors (Lipinski definition) is 3. The van der Waals surface area contributed by atoms with Gasteiger partial charge in [-0.15, -0.1) is 0 Å². The van der Waals surface area contributed by atoms with Gasteiger partial charge in [-0.2, -0.15) is 0 Å². The van der Waals surface area contributed by atoms with Crippen molar-refractivity contribution < 1.29 is 0 Å². The average molecular weight is 765 g/mol. The van der Waals surface area contributed by atoms with Gasteiger partial charge >= 0.3 is 0 Å². The third-order valence-electron chi connectivity index (χ3n) is 13.3. The van der Waals surface area contributed by atoms with Crippen molar-refractivity contribution in [3.63, 3.8) is 0 Å². The van der Waals surface area contributed by atoms with E-state index in [1.165, 1.54) is 71.5 Å². The van der Waals surface area contributed by atoms with Crippen LogP contribution in [0.15, 0.2) is 152 Å². The highest BCUT2D eigenvalue weighted by Crippen LogP contribution is 2.58. The highest BCUT2D eigenvalue weighted by molar-refractivity contribution is 6.16. The minimum atomic E-state index is -0.498. The summed E-state index contributed by atoms with van der Waals surface area (Å²) in [6, 6.07) is 44.2. The molecular formula is C55H48N4. The molecule has 4 heteroatoms. The number of pyridine rings is 1. The summed E-state index contributed by atoms with van der Waals surface area (Å²) in [5.74, 6) is 1.75. The summed E-state index contributed by atoms with van der Waals surface area (Å²) in [4.78, 5) is 5.02. The fourth-order valence-electron chi connectivity index (χ4n) is 10.5. The Morgan fingerprint density at radius 1 is 0.729 bits per heavy atom. The van der Waals surface area contributed by atoms with Gasteiger partial charge in [0.1, 0.15) is 12.0 Å². The minimum absolute atomic E-state index is 0.255. The Morgan fingerprint density at radius 3 is 2.32 bits per heavy atom. The second-order valence-electron chi connectivity index (χ2n) is 17.5. The molecule has 0 spiro atoms. The van der Waals surface area contributed by atoms with Gasteiger partial charge in [-0.25, -0.2) is 4.98 Å². The van der Waals surface area contributed by atoms with Crippen molar-refractivity contribution in [2.45, 2.75) is 58.0 Å². The van der Waals surface area contributed by atoms with E-state index in [2.05, 4.69) is 183 Å². The second kappa shape index (κ2) is 13.5. The van der Waals surface area contributed by atoms with Gasteiger partial charge in [-0.05, 0) is 110 Å². The maximum atomic E-state index is 7.16. The molecule has 0 aliphatic heterocycles. The number of rotatable bonds is 6. The summed E-state index contributed by atoms with van der Waals surface area (Å²) >= 11 is 0. The van der Waals surface area contributed by atoms with Crippen molar-refractivity contribution in [2.75, 3.05) is 5.32 Å². The lowest BCUT2D eigenvalue weighted by atomic mass is 9.74. The molecule has 4 nitrogen and oxygen atoms in total. The minimum Gasteiger partial charge on any atom is -0.350 e. The zero-order valence-electron chi connectivity index (χ0n) is 34.1. The molecule has 288 valence electrons. The Balaban J connectivity index is 1.06. The van der Waals surface area contributed by atoms with E-state index in [0.717, 1.165) is 46.6 Å². The zero-order chi connectivity index (χ0) is 40.0. The standard InChI is InChI=1S/C55H48N4/c1-33-24-26-36(27-25-33)46-31-38(35-15-6-5-7-16-35)32-57-54(46)58-53(56)37-17-13-18-39(30-37)59-47-23-11-10-19-40(47)43-28-29-45-49-42-21-9-8-20-41(42)48-34(2)14-12-22-44(48)50(49)55(3,4)51(45)52(43)59/h5-13,15-24,26-34,53H,14,25,56H2,1-4H3,(H,57,58). The number of nitrogens with one attached hydrogen (secondary N) is 1. The van der Waals surface area contributed by atoms with Gasteiger partial charge in [0, 0.05) is 39.2 Å². The molecule has 0 amide bonds. The Hall–Kier alpha value is -6.49. The molecule has 0 saturated heterocycles. The SMILES string of the molecule is CC1C=CC(c2cc(-c3ccccc3)cnc2NC(N)c2cccc(-n3c4ccccc4c4ccc5c(c43)C(C)(C)c3c4c(c6ccccc6c3-5)C(C)CC=C4)c2)=CC1. The molecule has 0 fully saturated rings. The molecular weight excluding hydrogens is 717 g/mol. The molecule has 6 aromatic carbocycles. The van der Waals surface area contributed by atoms with Crippen LogP contribution < -0.4 is 11.1 Å². The number of aromatic nitrogens is 2. The third-order valence-corrected chi connectivity index (χ3v) is 13.3. The van der Waals surface area contributed by atoms with E-state index in [-0.39, 0.29) is 5.41 Å². The van der Waals surface area contributed by atoms with Crippen LogP contribution in [0.3, 0.4) is 0 Å². The lowest BCUT2D eigenvalue weighted by Gasteiger charge is -2.30. The first-order chi connectivity index (χ1) is 28.8. The fraction of sp³-hybridized carbons (Fsp3) is 0.182. The van der Waals surface area contributed by atoms with Crippen LogP contribution in [0.4, 0.5) is 5.82 Å². The monoisotopic (exact) mass is 764 g/mol. The molecule has 3 unspecified atom stereocenters. The molecule has 2 heterocycles. The number of fused-ring (bicyclic) bond motifs is 12. The molecule has 3 N–H and O–H groups in total. The van der Waals surface area contributed by atoms with Gasteiger partial charge in [-0.1, -0.05) is 155 Å². The van der Waals surface area contributed by atoms with E-state index < -0.39 is 6.17 Å². The number of para-hydroxylation sites is 1. The lowest BCUT2D eigenvalue weighted by molar-refractivity contribution is 0.657. The van der Waals surface area contributed by atoms with Crippen LogP contribution in [-0.2, 0) is 5.41 Å². The normalized spacial score (nSPS) is 18.2. The van der Waals surface area contributed by atoms with Crippen LogP contribution in [0, 0.1) is 5.92 Å². The van der Waals surface area contributed by atoms with Crippen molar-refractivity contribution in [1.82, 2.24) is 9.55 Å². The maximum Gasteiger partial charge on any atom is 0.135 e. The second-order valence-corrected chi connectivity index (χ2v) is 17.5. The highest BCUT2D eigenvalue weighted by atomic mass is 15.1. The first-order valence-corrected chi connectivity index (χ1v) is 21.2. The Kier molecular flexibility index (Phi) is 8.18. The Bertz CT molecular complexity index is 3100. The molecule has 8 aromatic rings. The molecule has 0 saturated carbocycles. The van der Waals surface area contributed by atoms with Crippen LogP contribution >= 0.6 is 0 Å². The first kappa shape index (κ1) is 35.7. The maximum absolute atomic E-state index is 7.16. The fourth-order valence-corrected chi connectivity index (χ4v) is 10.5. The van der Waals surface area contributed by atoms with E-state index in [9.17, 15) is 0 Å². The number of nitrogens with two attached hydrogens (primary N) is 1. The van der Waals surface area contributed by atoms with E-state index in [4.69, 9.17) is 10.7 Å². The van der Waals surface area contributed by atoms with Crippen LogP contribution in [0.1, 0.15) is 86.0 Å². The molecule has 0 radical (unpaired) electrons. The van der Waals surface area contributed by atoms with Crippen molar-refractivity contribution >= 4 is 50.0 Å². The van der Waals surface area contributed by atoms with Gasteiger partial charge < -0.3 is 15.6 Å². The Morgan fingerprint density at radius 2 is 1.51 bits per heavy atom. The summed E-state index contributed by atoms with van der Waals surface area (Å²) < 4.78 is 2.50. The average Bonchev–Trinajstić information content (AvgIpc) is 3.73. The number of hydrogen-bond donors (Lipinski definition) is 2. The summed E-state index contributed by atoms with van der Waals surface area (Å²) in [6.45, 7) is 9.54. The van der Waals surface area contributed by atoms with Crippen LogP contribution in [0.2, 0.25) is 0 Å². The number of nitrogens with zero attached hydrogens (tertiary/aromatic N) is 2. The predicted octanol–water partition coefficient (Wildman–Crippen LogP) is 13.9. The number of allylic oxidation sites excluding steroid dienone is 5. The first-order valence-electron chi connectivity index (χ1n) is 21.2. The van der Waals surface area contributed by atoms with Crippen LogP contribution in [0.5, 0.6) is 0 Å². The quantitative estimate of drug-likeness (QED) is 0.166. The molecule has 2 aromatic heterocycles. The summed E-state index contributed by atoms with van der Waals surface area (Å²) in [7, 11) is 0. The summed E-state index contributed by atoms with van der Waals surface area (Å²) in [6.07, 6.45) is 15.2. The van der Waals surface area contributed by atoms with Gasteiger partial charge in [0.2, 0.25) is 0 Å². The van der Waals surface area contributed by atoms with Gasteiger partial charge in [0.25, 0.3) is 0 Å². The summed E-state index contributed by atoms with van der Waals surface area (Å²) in [5, 5.41) is 8.91. The molecule has 59 heavy (non-hydrogen) atoms. The van der Waals surface area contributed by atoms with Crippen LogP contribution in [-0.4, -0.2) is 9.55 Å². The third kappa shape index (κ3) is 5.50. The molecule has 3 aliphatic carbocycles. The van der Waals surface area contributed by atoms with Crippen molar-refractivity contribution in [1.29, 1.82) is 0 Å². The van der Waals surface area contributed by atoms with Gasteiger partial charge in [-0.3, -0.25) is 0 Å². The topological polar surface area (TPSA) is 55.9 Å². The lowest BCUT2D eigenvalue weighted by Crippen LogP contribution is -2.22. The van der Waals surface area contributed by atoms with Crippen molar-refractivity contribution in [3.8, 4) is 27.9 Å². The van der Waals surface area contributed by atoms with Crippen LogP contribution in [0.25, 0.3) is 72.2 Å². The molecule has 0 bridgehead atoms. The predicted molar refractivity (Wildman–Crippen MR) is 249 cm³/mol. The number of anilines is 1. The van der Waals surface area contributed by atoms with E-state index in [1.807, 2.05) is 12.3 Å². The summed E-state index contributed by atoms with van der Waals surface area (Å²) in [5.41, 5.74) is 24.3. The van der Waals surface area contributed by atoms with E-state index in [0.29, 0.717) is 11.8 Å².